The number of nitrogens with zero attached hydrogens (tertiary/aromatic N) is 2. The van der Waals surface area contributed by atoms with Gasteiger partial charge in [-0.25, -0.2) is 0 Å². The van der Waals surface area contributed by atoms with Crippen molar-refractivity contribution in [1.29, 1.82) is 10.5 Å². The van der Waals surface area contributed by atoms with Gasteiger partial charge in [0.2, 0.25) is 0 Å². The van der Waals surface area contributed by atoms with Gasteiger partial charge in [-0.2, -0.15) is 10.5 Å². The van der Waals surface area contributed by atoms with Gasteiger partial charge in [0, 0.05) is 17.3 Å². The van der Waals surface area contributed by atoms with Crippen LogP contribution in [0, 0.1) is 28.6 Å². The maximum Gasteiger partial charge on any atom is 0.129 e. The highest BCUT2D eigenvalue weighted by molar-refractivity contribution is 5.58. The smallest absolute Gasteiger partial charge is 0.129 e. The number of fused-ring (bicyclic) bond motifs is 1. The molecule has 2 aliphatic carbocycles. The molecule has 0 spiro atoms. The van der Waals surface area contributed by atoms with Crippen LogP contribution in [-0.2, 0) is 5.41 Å². The molecule has 0 aromatic heterocycles. The Balaban J connectivity index is 1.86. The number of benzene rings is 2. The average molecular weight is 296 g/mol. The Morgan fingerprint density at radius 3 is 2.09 bits per heavy atom. The number of nitriles is 2. The van der Waals surface area contributed by atoms with E-state index in [1.54, 1.807) is 0 Å². The minimum absolute atomic E-state index is 0.0664. The molecular formula is C21H16N2. The third-order valence-electron chi connectivity index (χ3n) is 5.53. The summed E-state index contributed by atoms with van der Waals surface area (Å²) in [6, 6.07) is 25.3. The molecule has 0 amide bonds. The van der Waals surface area contributed by atoms with Crippen LogP contribution in [0.2, 0.25) is 0 Å². The van der Waals surface area contributed by atoms with Gasteiger partial charge >= 0.3 is 0 Å². The Morgan fingerprint density at radius 1 is 0.870 bits per heavy atom. The quantitative estimate of drug-likeness (QED) is 0.767. The van der Waals surface area contributed by atoms with Crippen LogP contribution in [0.5, 0.6) is 0 Å². The fourth-order valence-corrected chi connectivity index (χ4v) is 4.61. The minimum Gasteiger partial charge on any atom is -0.192 e. The fraction of sp³-hybridized carbons (Fsp3) is 0.238. The molecule has 0 radical (unpaired) electrons. The molecule has 110 valence electrons. The predicted molar refractivity (Wildman–Crippen MR) is 88.3 cm³/mol. The molecule has 4 rings (SSSR count). The van der Waals surface area contributed by atoms with Crippen LogP contribution >= 0.6 is 0 Å². The molecule has 0 aliphatic heterocycles. The molecule has 3 atom stereocenters. The van der Waals surface area contributed by atoms with Crippen molar-refractivity contribution >= 4 is 0 Å². The summed E-state index contributed by atoms with van der Waals surface area (Å²) in [5.74, 6) is 0.674. The second kappa shape index (κ2) is 5.11. The van der Waals surface area contributed by atoms with Crippen molar-refractivity contribution in [3.63, 3.8) is 0 Å². The van der Waals surface area contributed by atoms with Crippen LogP contribution in [-0.4, -0.2) is 0 Å². The number of hydrogen-bond acceptors (Lipinski definition) is 2. The van der Waals surface area contributed by atoms with Crippen molar-refractivity contribution in [2.24, 2.45) is 5.92 Å². The number of hydrogen-bond donors (Lipinski definition) is 0. The molecule has 2 fully saturated rings. The molecule has 2 nitrogen and oxygen atoms in total. The van der Waals surface area contributed by atoms with Crippen molar-refractivity contribution in [2.75, 3.05) is 0 Å². The summed E-state index contributed by atoms with van der Waals surface area (Å²) in [6.45, 7) is 0. The van der Waals surface area contributed by atoms with E-state index in [2.05, 4.69) is 60.7 Å². The lowest BCUT2D eigenvalue weighted by atomic mass is 9.88. The number of rotatable bonds is 2. The predicted octanol–water partition coefficient (Wildman–Crippen LogP) is 4.48. The summed E-state index contributed by atoms with van der Waals surface area (Å²) in [7, 11) is 0. The lowest BCUT2D eigenvalue weighted by molar-refractivity contribution is 0.631. The largest absolute Gasteiger partial charge is 0.192 e. The number of allylic oxidation sites excluding steroid dienone is 2. The first-order valence-corrected chi connectivity index (χ1v) is 7.96. The van der Waals surface area contributed by atoms with E-state index in [4.69, 9.17) is 0 Å². The van der Waals surface area contributed by atoms with Gasteiger partial charge in [0.1, 0.15) is 17.7 Å². The van der Waals surface area contributed by atoms with E-state index in [0.29, 0.717) is 17.4 Å². The first-order chi connectivity index (χ1) is 11.3. The van der Waals surface area contributed by atoms with Gasteiger partial charge in [-0.3, -0.25) is 0 Å². The Hall–Kier alpha value is -2.84. The molecule has 23 heavy (non-hydrogen) atoms. The first-order valence-electron chi connectivity index (χ1n) is 7.96. The summed E-state index contributed by atoms with van der Waals surface area (Å²) in [5, 5.41) is 18.6. The Labute approximate surface area is 136 Å². The molecule has 0 saturated heterocycles. The van der Waals surface area contributed by atoms with Crippen LogP contribution in [0.4, 0.5) is 0 Å². The van der Waals surface area contributed by atoms with Crippen LogP contribution in [0.15, 0.2) is 71.8 Å². The summed E-state index contributed by atoms with van der Waals surface area (Å²) < 4.78 is 0. The lowest BCUT2D eigenvalue weighted by Crippen LogP contribution is -2.08. The second-order valence-electron chi connectivity index (χ2n) is 6.40. The second-order valence-corrected chi connectivity index (χ2v) is 6.40. The molecule has 0 N–H and O–H groups in total. The van der Waals surface area contributed by atoms with E-state index < -0.39 is 0 Å². The van der Waals surface area contributed by atoms with Crippen molar-refractivity contribution in [3.05, 3.63) is 82.9 Å². The summed E-state index contributed by atoms with van der Waals surface area (Å²) in [5.41, 5.74) is 4.11. The minimum atomic E-state index is 0.0664. The van der Waals surface area contributed by atoms with Crippen LogP contribution in [0.25, 0.3) is 0 Å². The fourth-order valence-electron chi connectivity index (χ4n) is 4.61. The van der Waals surface area contributed by atoms with Crippen molar-refractivity contribution < 1.29 is 0 Å². The zero-order valence-electron chi connectivity index (χ0n) is 12.7. The zero-order valence-corrected chi connectivity index (χ0v) is 12.7. The standard InChI is InChI=1S/C21H16N2/c22-13-16(14-23)18-11-12-21(17-9-5-2-6-10-17)19(20(18)21)15-7-3-1-4-8-15/h1-10,19-20H,11-12H2/t19-,20+,21+/m1/s1. The Kier molecular flexibility index (Phi) is 3.07. The van der Waals surface area contributed by atoms with Crippen LogP contribution in [0.1, 0.15) is 29.9 Å². The summed E-state index contributed by atoms with van der Waals surface area (Å²) in [6.07, 6.45) is 1.88. The molecule has 2 aromatic carbocycles. The lowest BCUT2D eigenvalue weighted by Gasteiger charge is -2.16. The van der Waals surface area contributed by atoms with E-state index in [9.17, 15) is 10.5 Å². The maximum absolute atomic E-state index is 9.30. The maximum atomic E-state index is 9.30. The van der Waals surface area contributed by atoms with E-state index in [0.717, 1.165) is 18.4 Å². The Bertz CT molecular complexity index is 836. The third-order valence-corrected chi connectivity index (χ3v) is 5.53. The van der Waals surface area contributed by atoms with E-state index in [1.807, 2.05) is 12.1 Å². The highest BCUT2D eigenvalue weighted by Gasteiger charge is 2.70. The normalized spacial score (nSPS) is 27.7. The molecule has 2 saturated carbocycles. The monoisotopic (exact) mass is 296 g/mol. The molecule has 2 aromatic rings. The average Bonchev–Trinajstić information content (AvgIpc) is 3.15. The molecular weight excluding hydrogens is 280 g/mol. The van der Waals surface area contributed by atoms with Crippen LogP contribution < -0.4 is 0 Å². The topological polar surface area (TPSA) is 47.6 Å². The van der Waals surface area contributed by atoms with Gasteiger partial charge in [0.25, 0.3) is 0 Å². The summed E-state index contributed by atoms with van der Waals surface area (Å²) in [4.78, 5) is 0. The Morgan fingerprint density at radius 2 is 1.48 bits per heavy atom. The van der Waals surface area contributed by atoms with Crippen LogP contribution in [0.3, 0.4) is 0 Å². The third kappa shape index (κ3) is 1.85. The molecule has 0 heterocycles. The van der Waals surface area contributed by atoms with Crippen molar-refractivity contribution in [1.82, 2.24) is 0 Å². The molecule has 0 unspecified atom stereocenters. The SMILES string of the molecule is N#CC(C#N)=C1CC[C@]2(c3ccccc3)[C@H](c3ccccc3)[C@H]12. The van der Waals surface area contributed by atoms with Gasteiger partial charge in [0.15, 0.2) is 0 Å². The van der Waals surface area contributed by atoms with Gasteiger partial charge in [-0.05, 0) is 29.5 Å². The van der Waals surface area contributed by atoms with Crippen molar-refractivity contribution in [3.8, 4) is 12.1 Å². The van der Waals surface area contributed by atoms with Gasteiger partial charge < -0.3 is 0 Å². The molecule has 2 heteroatoms. The van der Waals surface area contributed by atoms with E-state index in [1.165, 1.54) is 11.1 Å². The highest BCUT2D eigenvalue weighted by atomic mass is 14.7. The molecule has 2 aliphatic rings. The first kappa shape index (κ1) is 13.8. The van der Waals surface area contributed by atoms with Gasteiger partial charge in [-0.1, -0.05) is 60.7 Å². The summed E-state index contributed by atoms with van der Waals surface area (Å²) >= 11 is 0. The zero-order chi connectivity index (χ0) is 15.9. The molecule has 0 bridgehead atoms. The van der Waals surface area contributed by atoms with Gasteiger partial charge in [-0.15, -0.1) is 0 Å². The van der Waals surface area contributed by atoms with Crippen molar-refractivity contribution in [2.45, 2.75) is 24.2 Å². The highest BCUT2D eigenvalue weighted by Crippen LogP contribution is 2.75. The van der Waals surface area contributed by atoms with Gasteiger partial charge in [0.05, 0.1) is 0 Å². The van der Waals surface area contributed by atoms with E-state index in [-0.39, 0.29) is 5.41 Å². The van der Waals surface area contributed by atoms with E-state index >= 15 is 0 Å².